The highest BCUT2D eigenvalue weighted by atomic mass is 19.4. The smallest absolute Gasteiger partial charge is 0.166 e. The Morgan fingerprint density at radius 1 is 1.00 bits per heavy atom. The minimum absolute atomic E-state index is 0.401. The van der Waals surface area contributed by atoms with E-state index in [0.29, 0.717) is 11.5 Å². The van der Waals surface area contributed by atoms with Gasteiger partial charge in [-0.2, -0.15) is 13.2 Å². The first-order valence-electron chi connectivity index (χ1n) is 6.64. The molecule has 1 aliphatic rings. The molecule has 3 heteroatoms. The lowest BCUT2D eigenvalue weighted by Gasteiger charge is -2.21. The predicted octanol–water partition coefficient (Wildman–Crippen LogP) is 4.88. The molecule has 0 heterocycles. The van der Waals surface area contributed by atoms with Crippen LogP contribution in [0, 0.1) is 23.7 Å². The number of halogens is 3. The van der Waals surface area contributed by atoms with Crippen molar-refractivity contribution >= 4 is 0 Å². The van der Waals surface area contributed by atoms with E-state index in [1.165, 1.54) is 25.0 Å². The third-order valence-corrected chi connectivity index (χ3v) is 3.65. The number of hydrogen-bond acceptors (Lipinski definition) is 0. The fraction of sp³-hybridized carbons (Fsp3) is 0.500. The lowest BCUT2D eigenvalue weighted by Crippen LogP contribution is -2.10. The summed E-state index contributed by atoms with van der Waals surface area (Å²) in [4.78, 5) is 0. The van der Waals surface area contributed by atoms with Crippen LogP contribution in [0.3, 0.4) is 0 Å². The van der Waals surface area contributed by atoms with E-state index in [1.807, 2.05) is 0 Å². The number of rotatable bonds is 0. The Balaban J connectivity index is 2.00. The fourth-order valence-corrected chi connectivity index (χ4v) is 2.33. The maximum Gasteiger partial charge on any atom is 0.416 e. The molecule has 1 aliphatic carbocycles. The first kappa shape index (κ1) is 14.0. The van der Waals surface area contributed by atoms with Crippen LogP contribution in [-0.4, -0.2) is 0 Å². The van der Waals surface area contributed by atoms with Crippen LogP contribution in [0.4, 0.5) is 13.2 Å². The summed E-state index contributed by atoms with van der Waals surface area (Å²) < 4.78 is 37.2. The molecule has 0 saturated heterocycles. The average molecular weight is 266 g/mol. The molecule has 0 nitrogen and oxygen atoms in total. The summed E-state index contributed by atoms with van der Waals surface area (Å²) in [6.07, 6.45) is 0.341. The maximum atomic E-state index is 12.4. The van der Waals surface area contributed by atoms with Gasteiger partial charge in [0.25, 0.3) is 0 Å². The molecule has 19 heavy (non-hydrogen) atoms. The zero-order valence-electron chi connectivity index (χ0n) is 10.9. The van der Waals surface area contributed by atoms with E-state index >= 15 is 0 Å². The second kappa shape index (κ2) is 5.69. The standard InChI is InChI=1S/C16H17F3/c1-12-2-4-13(5-3-12)6-7-14-8-10-15(11-9-14)16(17,18)19/h8-13H,2-5H2,1H3. The van der Waals surface area contributed by atoms with Crippen LogP contribution < -0.4 is 0 Å². The zero-order chi connectivity index (χ0) is 13.9. The van der Waals surface area contributed by atoms with Crippen LogP contribution in [0.1, 0.15) is 43.7 Å². The third kappa shape index (κ3) is 4.02. The molecule has 0 bridgehead atoms. The van der Waals surface area contributed by atoms with Crippen LogP contribution in [0.15, 0.2) is 24.3 Å². The molecule has 0 atom stereocenters. The van der Waals surface area contributed by atoms with Crippen molar-refractivity contribution in [2.45, 2.75) is 38.8 Å². The molecule has 0 spiro atoms. The third-order valence-electron chi connectivity index (χ3n) is 3.65. The molecule has 1 saturated carbocycles. The summed E-state index contributed by atoms with van der Waals surface area (Å²) >= 11 is 0. The minimum atomic E-state index is -4.27. The van der Waals surface area contributed by atoms with E-state index < -0.39 is 11.7 Å². The van der Waals surface area contributed by atoms with Crippen molar-refractivity contribution in [3.63, 3.8) is 0 Å². The first-order chi connectivity index (χ1) is 8.95. The predicted molar refractivity (Wildman–Crippen MR) is 69.4 cm³/mol. The summed E-state index contributed by atoms with van der Waals surface area (Å²) in [6, 6.07) is 5.07. The van der Waals surface area contributed by atoms with Crippen LogP contribution >= 0.6 is 0 Å². The van der Waals surface area contributed by atoms with Gasteiger partial charge in [0.15, 0.2) is 0 Å². The monoisotopic (exact) mass is 266 g/mol. The SMILES string of the molecule is CC1CCC(C#Cc2ccc(C(F)(F)F)cc2)CC1. The Kier molecular flexibility index (Phi) is 4.19. The van der Waals surface area contributed by atoms with Gasteiger partial charge in [-0.15, -0.1) is 0 Å². The molecule has 0 aliphatic heterocycles. The van der Waals surface area contributed by atoms with Crippen molar-refractivity contribution in [2.75, 3.05) is 0 Å². The van der Waals surface area contributed by atoms with Gasteiger partial charge in [-0.25, -0.2) is 0 Å². The van der Waals surface area contributed by atoms with Crippen molar-refractivity contribution in [3.8, 4) is 11.8 Å². The van der Waals surface area contributed by atoms with E-state index in [2.05, 4.69) is 18.8 Å². The average Bonchev–Trinajstić information content (AvgIpc) is 2.37. The summed E-state index contributed by atoms with van der Waals surface area (Å²) in [7, 11) is 0. The molecular weight excluding hydrogens is 249 g/mol. The van der Waals surface area contributed by atoms with Gasteiger partial charge < -0.3 is 0 Å². The number of alkyl halides is 3. The van der Waals surface area contributed by atoms with E-state index in [0.717, 1.165) is 30.9 Å². The second-order valence-electron chi connectivity index (χ2n) is 5.30. The van der Waals surface area contributed by atoms with Gasteiger partial charge in [0.2, 0.25) is 0 Å². The van der Waals surface area contributed by atoms with Gasteiger partial charge in [0.05, 0.1) is 5.56 Å². The Hall–Kier alpha value is -1.43. The molecule has 2 rings (SSSR count). The van der Waals surface area contributed by atoms with E-state index in [4.69, 9.17) is 0 Å². The molecule has 1 aromatic rings. The number of hydrogen-bond donors (Lipinski definition) is 0. The zero-order valence-corrected chi connectivity index (χ0v) is 10.9. The summed E-state index contributed by atoms with van der Waals surface area (Å²) in [5, 5.41) is 0. The van der Waals surface area contributed by atoms with Gasteiger partial charge in [-0.3, -0.25) is 0 Å². The summed E-state index contributed by atoms with van der Waals surface area (Å²) in [5.41, 5.74) is 0.0381. The highest BCUT2D eigenvalue weighted by Crippen LogP contribution is 2.29. The van der Waals surface area contributed by atoms with E-state index in [1.54, 1.807) is 0 Å². The molecular formula is C16H17F3. The van der Waals surface area contributed by atoms with Crippen LogP contribution in [0.25, 0.3) is 0 Å². The van der Waals surface area contributed by atoms with Crippen molar-refractivity contribution in [1.82, 2.24) is 0 Å². The molecule has 0 amide bonds. The van der Waals surface area contributed by atoms with Crippen molar-refractivity contribution in [1.29, 1.82) is 0 Å². The summed E-state index contributed by atoms with van der Waals surface area (Å²) in [6.45, 7) is 2.25. The topological polar surface area (TPSA) is 0 Å². The van der Waals surface area contributed by atoms with Gasteiger partial charge in [0, 0.05) is 11.5 Å². The Labute approximate surface area is 112 Å². The van der Waals surface area contributed by atoms with Crippen LogP contribution in [0.2, 0.25) is 0 Å². The lowest BCUT2D eigenvalue weighted by atomic mass is 9.83. The fourth-order valence-electron chi connectivity index (χ4n) is 2.33. The van der Waals surface area contributed by atoms with Gasteiger partial charge in [-0.05, 0) is 55.9 Å². The number of benzene rings is 1. The van der Waals surface area contributed by atoms with Gasteiger partial charge in [-0.1, -0.05) is 18.8 Å². The van der Waals surface area contributed by atoms with Crippen molar-refractivity contribution < 1.29 is 13.2 Å². The van der Waals surface area contributed by atoms with Crippen molar-refractivity contribution in [3.05, 3.63) is 35.4 Å². The van der Waals surface area contributed by atoms with Crippen LogP contribution in [0.5, 0.6) is 0 Å². The van der Waals surface area contributed by atoms with Crippen LogP contribution in [-0.2, 0) is 6.18 Å². The molecule has 0 aromatic heterocycles. The highest BCUT2D eigenvalue weighted by Gasteiger charge is 2.29. The first-order valence-corrected chi connectivity index (χ1v) is 6.64. The summed E-state index contributed by atoms with van der Waals surface area (Å²) in [5.74, 6) is 7.36. The molecule has 0 N–H and O–H groups in total. The minimum Gasteiger partial charge on any atom is -0.166 e. The Bertz CT molecular complexity index is 465. The highest BCUT2D eigenvalue weighted by molar-refractivity contribution is 5.37. The van der Waals surface area contributed by atoms with Gasteiger partial charge >= 0.3 is 6.18 Å². The molecule has 0 radical (unpaired) electrons. The quantitative estimate of drug-likeness (QED) is 0.587. The molecule has 102 valence electrons. The lowest BCUT2D eigenvalue weighted by molar-refractivity contribution is -0.137. The molecule has 1 aromatic carbocycles. The molecule has 0 unspecified atom stereocenters. The largest absolute Gasteiger partial charge is 0.416 e. The Morgan fingerprint density at radius 3 is 2.11 bits per heavy atom. The Morgan fingerprint density at radius 2 is 1.58 bits per heavy atom. The normalized spacial score (nSPS) is 23.6. The van der Waals surface area contributed by atoms with Gasteiger partial charge in [0.1, 0.15) is 0 Å². The van der Waals surface area contributed by atoms with E-state index in [9.17, 15) is 13.2 Å². The van der Waals surface area contributed by atoms with Crippen molar-refractivity contribution in [2.24, 2.45) is 11.8 Å². The maximum absolute atomic E-state index is 12.4. The van der Waals surface area contributed by atoms with E-state index in [-0.39, 0.29) is 0 Å². The second-order valence-corrected chi connectivity index (χ2v) is 5.30. The molecule has 1 fully saturated rings.